The van der Waals surface area contributed by atoms with E-state index in [-0.39, 0.29) is 0 Å². The maximum Gasteiger partial charge on any atom is 0.0277 e. The topological polar surface area (TPSA) is 12.4 Å². The van der Waals surface area contributed by atoms with E-state index in [1.54, 1.807) is 5.57 Å². The molecule has 82 valence electrons. The molecule has 0 aromatic rings. The van der Waals surface area contributed by atoms with Crippen molar-refractivity contribution in [2.24, 2.45) is 22.7 Å². The molecule has 0 unspecified atom stereocenters. The standard InChI is InChI=1S/C13H25N/c1-9(2)12(8-14-7)13(10(3)4)11(5)6/h8-11H,1-7H3/b14-8-. The van der Waals surface area contributed by atoms with Crippen LogP contribution in [0.15, 0.2) is 16.1 Å². The van der Waals surface area contributed by atoms with E-state index < -0.39 is 0 Å². The van der Waals surface area contributed by atoms with Gasteiger partial charge in [0.1, 0.15) is 0 Å². The molecule has 0 aliphatic heterocycles. The summed E-state index contributed by atoms with van der Waals surface area (Å²) in [5, 5.41) is 0. The predicted octanol–water partition coefficient (Wildman–Crippen LogP) is 3.95. The highest BCUT2D eigenvalue weighted by Gasteiger charge is 2.15. The second-order valence-electron chi connectivity index (χ2n) is 4.76. The number of hydrogen-bond acceptors (Lipinski definition) is 1. The van der Waals surface area contributed by atoms with Crippen molar-refractivity contribution in [2.75, 3.05) is 7.05 Å². The summed E-state index contributed by atoms with van der Waals surface area (Å²) in [5.74, 6) is 1.80. The first-order valence-electron chi connectivity index (χ1n) is 5.57. The van der Waals surface area contributed by atoms with E-state index in [1.807, 2.05) is 13.3 Å². The van der Waals surface area contributed by atoms with Crippen molar-refractivity contribution in [3.8, 4) is 0 Å². The first-order valence-corrected chi connectivity index (χ1v) is 5.57. The molecule has 0 aromatic heterocycles. The van der Waals surface area contributed by atoms with Crippen molar-refractivity contribution < 1.29 is 0 Å². The Kier molecular flexibility index (Phi) is 5.75. The molecular weight excluding hydrogens is 170 g/mol. The van der Waals surface area contributed by atoms with Crippen molar-refractivity contribution >= 4 is 6.21 Å². The second kappa shape index (κ2) is 6.00. The minimum absolute atomic E-state index is 0.568. The lowest BCUT2D eigenvalue weighted by atomic mass is 9.84. The summed E-state index contributed by atoms with van der Waals surface area (Å²) in [4.78, 5) is 4.16. The molecule has 0 atom stereocenters. The minimum Gasteiger partial charge on any atom is -0.296 e. The van der Waals surface area contributed by atoms with Crippen LogP contribution < -0.4 is 0 Å². The zero-order valence-electron chi connectivity index (χ0n) is 10.8. The summed E-state index contributed by atoms with van der Waals surface area (Å²) in [5.41, 5.74) is 2.96. The Morgan fingerprint density at radius 3 is 1.50 bits per heavy atom. The summed E-state index contributed by atoms with van der Waals surface area (Å²) >= 11 is 0. The van der Waals surface area contributed by atoms with E-state index in [1.165, 1.54) is 5.57 Å². The first-order chi connectivity index (χ1) is 6.41. The molecule has 0 aliphatic rings. The fourth-order valence-electron chi connectivity index (χ4n) is 2.03. The van der Waals surface area contributed by atoms with Gasteiger partial charge >= 0.3 is 0 Å². The van der Waals surface area contributed by atoms with Crippen molar-refractivity contribution in [3.63, 3.8) is 0 Å². The Labute approximate surface area is 89.3 Å². The van der Waals surface area contributed by atoms with Gasteiger partial charge < -0.3 is 0 Å². The SMILES string of the molecule is C/N=C\C(=C(C(C)C)C(C)C)C(C)C. The third-order valence-electron chi connectivity index (χ3n) is 2.47. The molecule has 14 heavy (non-hydrogen) atoms. The summed E-state index contributed by atoms with van der Waals surface area (Å²) in [6, 6.07) is 0. The molecule has 1 nitrogen and oxygen atoms in total. The van der Waals surface area contributed by atoms with E-state index in [4.69, 9.17) is 0 Å². The number of aliphatic imine (C=N–C) groups is 1. The molecule has 0 saturated carbocycles. The molecular formula is C13H25N. The molecule has 0 radical (unpaired) electrons. The largest absolute Gasteiger partial charge is 0.296 e. The van der Waals surface area contributed by atoms with Crippen LogP contribution in [-0.4, -0.2) is 13.3 Å². The molecule has 0 amide bonds. The van der Waals surface area contributed by atoms with Crippen LogP contribution in [0, 0.1) is 17.8 Å². The molecule has 0 rings (SSSR count). The van der Waals surface area contributed by atoms with Gasteiger partial charge in [-0.25, -0.2) is 0 Å². The molecule has 0 bridgehead atoms. The van der Waals surface area contributed by atoms with Gasteiger partial charge in [0.2, 0.25) is 0 Å². The van der Waals surface area contributed by atoms with Crippen molar-refractivity contribution in [1.29, 1.82) is 0 Å². The average molecular weight is 195 g/mol. The smallest absolute Gasteiger partial charge is 0.0277 e. The number of nitrogens with zero attached hydrogens (tertiary/aromatic N) is 1. The van der Waals surface area contributed by atoms with Crippen LogP contribution in [-0.2, 0) is 0 Å². The van der Waals surface area contributed by atoms with Gasteiger partial charge in [0, 0.05) is 13.3 Å². The van der Waals surface area contributed by atoms with E-state index in [9.17, 15) is 0 Å². The highest BCUT2D eigenvalue weighted by atomic mass is 14.6. The summed E-state index contributed by atoms with van der Waals surface area (Å²) in [6.45, 7) is 13.5. The fraction of sp³-hybridized carbons (Fsp3) is 0.769. The summed E-state index contributed by atoms with van der Waals surface area (Å²) in [6.07, 6.45) is 2.03. The zero-order chi connectivity index (χ0) is 11.3. The normalized spacial score (nSPS) is 12.1. The van der Waals surface area contributed by atoms with E-state index >= 15 is 0 Å². The monoisotopic (exact) mass is 195 g/mol. The Morgan fingerprint density at radius 1 is 0.857 bits per heavy atom. The van der Waals surface area contributed by atoms with Crippen LogP contribution in [0.3, 0.4) is 0 Å². The lowest BCUT2D eigenvalue weighted by Gasteiger charge is -2.21. The van der Waals surface area contributed by atoms with Crippen molar-refractivity contribution in [3.05, 3.63) is 11.1 Å². The van der Waals surface area contributed by atoms with Crippen molar-refractivity contribution in [2.45, 2.75) is 41.5 Å². The van der Waals surface area contributed by atoms with Gasteiger partial charge in [0.05, 0.1) is 0 Å². The van der Waals surface area contributed by atoms with Crippen LogP contribution in [0.4, 0.5) is 0 Å². The zero-order valence-corrected chi connectivity index (χ0v) is 10.8. The van der Waals surface area contributed by atoms with Gasteiger partial charge in [-0.2, -0.15) is 0 Å². The fourth-order valence-corrected chi connectivity index (χ4v) is 2.03. The second-order valence-corrected chi connectivity index (χ2v) is 4.76. The van der Waals surface area contributed by atoms with Crippen LogP contribution in [0.5, 0.6) is 0 Å². The molecule has 0 fully saturated rings. The van der Waals surface area contributed by atoms with E-state index in [0.29, 0.717) is 17.8 Å². The van der Waals surface area contributed by atoms with Crippen LogP contribution in [0.2, 0.25) is 0 Å². The van der Waals surface area contributed by atoms with Gasteiger partial charge in [-0.05, 0) is 23.3 Å². The van der Waals surface area contributed by atoms with Crippen LogP contribution in [0.25, 0.3) is 0 Å². The quantitative estimate of drug-likeness (QED) is 0.602. The van der Waals surface area contributed by atoms with Gasteiger partial charge in [-0.1, -0.05) is 47.1 Å². The lowest BCUT2D eigenvalue weighted by Crippen LogP contribution is -2.11. The third-order valence-corrected chi connectivity index (χ3v) is 2.47. The molecule has 0 spiro atoms. The maximum absolute atomic E-state index is 4.16. The molecule has 0 N–H and O–H groups in total. The summed E-state index contributed by atoms with van der Waals surface area (Å²) in [7, 11) is 1.85. The first kappa shape index (κ1) is 13.4. The van der Waals surface area contributed by atoms with Gasteiger partial charge in [-0.15, -0.1) is 0 Å². The van der Waals surface area contributed by atoms with Gasteiger partial charge in [-0.3, -0.25) is 4.99 Å². The third kappa shape index (κ3) is 3.65. The highest BCUT2D eigenvalue weighted by Crippen LogP contribution is 2.26. The van der Waals surface area contributed by atoms with E-state index in [2.05, 4.69) is 46.5 Å². The molecule has 0 aliphatic carbocycles. The minimum atomic E-state index is 0.568. The maximum atomic E-state index is 4.16. The molecule has 0 aromatic carbocycles. The molecule has 0 heterocycles. The Balaban J connectivity index is 5.26. The molecule has 1 heteroatoms. The average Bonchev–Trinajstić information content (AvgIpc) is 2.01. The number of hydrogen-bond donors (Lipinski definition) is 0. The predicted molar refractivity (Wildman–Crippen MR) is 66.0 cm³/mol. The highest BCUT2D eigenvalue weighted by molar-refractivity contribution is 5.80. The Hall–Kier alpha value is -0.590. The van der Waals surface area contributed by atoms with Crippen LogP contribution in [0.1, 0.15) is 41.5 Å². The Bertz CT molecular complexity index is 209. The van der Waals surface area contributed by atoms with Crippen molar-refractivity contribution in [1.82, 2.24) is 0 Å². The van der Waals surface area contributed by atoms with E-state index in [0.717, 1.165) is 0 Å². The Morgan fingerprint density at radius 2 is 1.29 bits per heavy atom. The number of allylic oxidation sites excluding steroid dienone is 2. The summed E-state index contributed by atoms with van der Waals surface area (Å²) < 4.78 is 0. The van der Waals surface area contributed by atoms with Gasteiger partial charge in [0.15, 0.2) is 0 Å². The van der Waals surface area contributed by atoms with Gasteiger partial charge in [0.25, 0.3) is 0 Å². The number of rotatable bonds is 4. The lowest BCUT2D eigenvalue weighted by molar-refractivity contribution is 0.600. The van der Waals surface area contributed by atoms with Crippen LogP contribution >= 0.6 is 0 Å². The molecule has 0 saturated heterocycles.